The fourth-order valence-corrected chi connectivity index (χ4v) is 3.41. The molecular weight excluding hydrogens is 290 g/mol. The van der Waals surface area contributed by atoms with E-state index in [0.717, 1.165) is 10.6 Å². The highest BCUT2D eigenvalue weighted by Crippen LogP contribution is 2.45. The summed E-state index contributed by atoms with van der Waals surface area (Å²) in [5.74, 6) is -0.195. The van der Waals surface area contributed by atoms with Gasteiger partial charge < -0.3 is 9.84 Å². The lowest BCUT2D eigenvalue weighted by molar-refractivity contribution is -0.133. The fraction of sp³-hybridized carbons (Fsp3) is 0.200. The maximum absolute atomic E-state index is 12.0. The molecule has 1 atom stereocenters. The third-order valence-electron chi connectivity index (χ3n) is 2.67. The number of ether oxygens (including phenoxy) is 1. The molecule has 1 aromatic rings. The van der Waals surface area contributed by atoms with Crippen molar-refractivity contribution in [3.8, 4) is 0 Å². The van der Waals surface area contributed by atoms with E-state index in [1.54, 1.807) is 6.08 Å². The van der Waals surface area contributed by atoms with Gasteiger partial charge in [-0.05, 0) is 24.5 Å². The molecule has 9 heteroatoms. The first-order valence-corrected chi connectivity index (χ1v) is 6.90. The normalized spacial score (nSPS) is 23.1. The average Bonchev–Trinajstić information content (AvgIpc) is 2.90. The molecule has 7 nitrogen and oxygen atoms in total. The van der Waals surface area contributed by atoms with Crippen LogP contribution in [0.25, 0.3) is 6.08 Å². The number of thioether (sulfide) groups is 1. The van der Waals surface area contributed by atoms with Crippen molar-refractivity contribution in [1.29, 1.82) is 0 Å². The molecule has 0 aromatic carbocycles. The Hall–Kier alpha value is -1.87. The lowest BCUT2D eigenvalue weighted by Gasteiger charge is -2.36. The molecule has 2 aliphatic rings. The maximum Gasteiger partial charge on any atom is 0.512 e. The lowest BCUT2D eigenvalue weighted by Crippen LogP contribution is -2.50. The summed E-state index contributed by atoms with van der Waals surface area (Å²) in [7, 11) is 0. The van der Waals surface area contributed by atoms with Crippen LogP contribution in [-0.4, -0.2) is 37.0 Å². The van der Waals surface area contributed by atoms with Gasteiger partial charge in [-0.25, -0.2) is 4.79 Å². The standard InChI is InChI=1S/C10H7N3O4S2/c1-4-6(19-12-11-4)2-5-8(14)13-7(17-10(15)16)3-18-9(5)13/h2-3,9H,1H3,(H,15,16)/b5-2-/t9-/m0/s1. The minimum Gasteiger partial charge on any atom is -0.449 e. The molecule has 0 spiro atoms. The Morgan fingerprint density at radius 3 is 3.05 bits per heavy atom. The van der Waals surface area contributed by atoms with Gasteiger partial charge in [-0.3, -0.25) is 9.69 Å². The van der Waals surface area contributed by atoms with Gasteiger partial charge in [-0.2, -0.15) is 0 Å². The van der Waals surface area contributed by atoms with Crippen molar-refractivity contribution in [3.63, 3.8) is 0 Å². The summed E-state index contributed by atoms with van der Waals surface area (Å²) >= 11 is 2.55. The highest BCUT2D eigenvalue weighted by molar-refractivity contribution is 8.03. The van der Waals surface area contributed by atoms with E-state index in [1.807, 2.05) is 6.92 Å². The SMILES string of the molecule is Cc1nnsc1/C=C1/C(=O)N2C(OC(=O)O)=CS[C@@H]12. The van der Waals surface area contributed by atoms with Crippen molar-refractivity contribution in [3.05, 3.63) is 27.4 Å². The number of hydrogen-bond donors (Lipinski definition) is 1. The van der Waals surface area contributed by atoms with Gasteiger partial charge in [0.25, 0.3) is 5.91 Å². The smallest absolute Gasteiger partial charge is 0.449 e. The molecule has 0 radical (unpaired) electrons. The molecule has 0 saturated carbocycles. The number of aromatic nitrogens is 2. The first-order chi connectivity index (χ1) is 9.08. The van der Waals surface area contributed by atoms with E-state index in [2.05, 4.69) is 14.3 Å². The van der Waals surface area contributed by atoms with Gasteiger partial charge in [0.05, 0.1) is 16.1 Å². The van der Waals surface area contributed by atoms with Crippen LogP contribution in [0.2, 0.25) is 0 Å². The number of aryl methyl sites for hydroxylation is 1. The minimum atomic E-state index is -1.43. The number of rotatable bonds is 2. The molecule has 98 valence electrons. The van der Waals surface area contributed by atoms with Gasteiger partial charge >= 0.3 is 6.16 Å². The summed E-state index contributed by atoms with van der Waals surface area (Å²) in [6.07, 6.45) is 0.314. The fourth-order valence-electron chi connectivity index (χ4n) is 1.76. The summed E-state index contributed by atoms with van der Waals surface area (Å²) in [6, 6.07) is 0. The summed E-state index contributed by atoms with van der Waals surface area (Å²) in [4.78, 5) is 24.6. The van der Waals surface area contributed by atoms with E-state index >= 15 is 0 Å². The summed E-state index contributed by atoms with van der Waals surface area (Å²) in [5, 5.41) is 13.7. The average molecular weight is 297 g/mol. The van der Waals surface area contributed by atoms with E-state index in [9.17, 15) is 9.59 Å². The third kappa shape index (κ3) is 1.90. The van der Waals surface area contributed by atoms with E-state index < -0.39 is 6.16 Å². The second-order valence-corrected chi connectivity index (χ2v) is 5.55. The van der Waals surface area contributed by atoms with Gasteiger partial charge in [0, 0.05) is 5.41 Å². The Balaban J connectivity index is 1.81. The van der Waals surface area contributed by atoms with Crippen LogP contribution in [-0.2, 0) is 9.53 Å². The predicted molar refractivity (Wildman–Crippen MR) is 68.0 cm³/mol. The quantitative estimate of drug-likeness (QED) is 0.504. The number of β-lactam (4-membered cyclic amide) rings is 1. The molecular formula is C10H7N3O4S2. The molecule has 0 aliphatic carbocycles. The predicted octanol–water partition coefficient (Wildman–Crippen LogP) is 1.64. The lowest BCUT2D eigenvalue weighted by atomic mass is 10.1. The topological polar surface area (TPSA) is 92.6 Å². The van der Waals surface area contributed by atoms with Crippen molar-refractivity contribution in [2.75, 3.05) is 0 Å². The highest BCUT2D eigenvalue weighted by atomic mass is 32.2. The number of amides is 1. The van der Waals surface area contributed by atoms with Crippen molar-refractivity contribution in [2.24, 2.45) is 0 Å². The van der Waals surface area contributed by atoms with Crippen molar-refractivity contribution >= 4 is 41.4 Å². The molecule has 0 unspecified atom stereocenters. The van der Waals surface area contributed by atoms with Gasteiger partial charge in [-0.1, -0.05) is 16.3 Å². The zero-order valence-corrected chi connectivity index (χ0v) is 11.2. The Morgan fingerprint density at radius 2 is 2.42 bits per heavy atom. The van der Waals surface area contributed by atoms with E-state index in [1.165, 1.54) is 33.6 Å². The number of carboxylic acid groups (broad SMARTS) is 1. The van der Waals surface area contributed by atoms with E-state index in [-0.39, 0.29) is 17.2 Å². The number of fused-ring (bicyclic) bond motifs is 1. The zero-order chi connectivity index (χ0) is 13.6. The number of hydrogen-bond acceptors (Lipinski definition) is 7. The van der Waals surface area contributed by atoms with Gasteiger partial charge in [0.1, 0.15) is 5.37 Å². The molecule has 1 aromatic heterocycles. The third-order valence-corrected chi connectivity index (χ3v) is 4.50. The number of carbonyl (C=O) groups is 2. The molecule has 3 heterocycles. The Morgan fingerprint density at radius 1 is 1.63 bits per heavy atom. The van der Waals surface area contributed by atoms with Crippen LogP contribution in [0.4, 0.5) is 4.79 Å². The largest absolute Gasteiger partial charge is 0.512 e. The Kier molecular flexibility index (Phi) is 2.79. The van der Waals surface area contributed by atoms with E-state index in [0.29, 0.717) is 5.57 Å². The Labute approximate surface area is 115 Å². The molecule has 1 amide bonds. The van der Waals surface area contributed by atoms with Crippen molar-refractivity contribution in [2.45, 2.75) is 12.3 Å². The van der Waals surface area contributed by atoms with Gasteiger partial charge in [-0.15, -0.1) is 5.10 Å². The summed E-state index contributed by atoms with van der Waals surface area (Å²) in [6.45, 7) is 1.82. The van der Waals surface area contributed by atoms with E-state index in [4.69, 9.17) is 5.11 Å². The van der Waals surface area contributed by atoms with Crippen LogP contribution in [0, 0.1) is 6.92 Å². The zero-order valence-electron chi connectivity index (χ0n) is 9.56. The van der Waals surface area contributed by atoms with Crippen LogP contribution in [0.5, 0.6) is 0 Å². The first-order valence-electron chi connectivity index (χ1n) is 5.18. The molecule has 0 bridgehead atoms. The molecule has 3 rings (SSSR count). The Bertz CT molecular complexity index is 636. The van der Waals surface area contributed by atoms with Crippen LogP contribution in [0.15, 0.2) is 16.9 Å². The van der Waals surface area contributed by atoms with Crippen LogP contribution in [0.3, 0.4) is 0 Å². The molecule has 19 heavy (non-hydrogen) atoms. The van der Waals surface area contributed by atoms with Crippen molar-refractivity contribution < 1.29 is 19.4 Å². The maximum atomic E-state index is 12.0. The second-order valence-electron chi connectivity index (χ2n) is 3.81. The molecule has 2 aliphatic heterocycles. The highest BCUT2D eigenvalue weighted by Gasteiger charge is 2.49. The van der Waals surface area contributed by atoms with Crippen LogP contribution >= 0.6 is 23.3 Å². The van der Waals surface area contributed by atoms with Crippen LogP contribution < -0.4 is 0 Å². The summed E-state index contributed by atoms with van der Waals surface area (Å²) in [5.41, 5.74) is 1.36. The van der Waals surface area contributed by atoms with Crippen molar-refractivity contribution in [1.82, 2.24) is 14.5 Å². The molecule has 1 N–H and O–H groups in total. The number of nitrogens with zero attached hydrogens (tertiary/aromatic N) is 3. The number of carbonyl (C=O) groups excluding carboxylic acids is 1. The van der Waals surface area contributed by atoms with Crippen LogP contribution in [0.1, 0.15) is 10.6 Å². The first kappa shape index (κ1) is 12.2. The second kappa shape index (κ2) is 4.35. The summed E-state index contributed by atoms with van der Waals surface area (Å²) < 4.78 is 8.33. The minimum absolute atomic E-state index is 0.0591. The molecule has 1 saturated heterocycles. The molecule has 1 fully saturated rings. The monoisotopic (exact) mass is 297 g/mol. The van der Waals surface area contributed by atoms with Gasteiger partial charge in [0.2, 0.25) is 5.88 Å². The van der Waals surface area contributed by atoms with Gasteiger partial charge in [0.15, 0.2) is 0 Å².